The van der Waals surface area contributed by atoms with E-state index in [1.54, 1.807) is 31.4 Å². The molecule has 3 aromatic carbocycles. The number of hydrogen-bond acceptors (Lipinski definition) is 6. The number of carbonyl (C=O) groups is 1. The van der Waals surface area contributed by atoms with Crippen LogP contribution in [0.3, 0.4) is 0 Å². The maximum Gasteiger partial charge on any atom is 0.167 e. The molecule has 1 N–H and O–H groups in total. The summed E-state index contributed by atoms with van der Waals surface area (Å²) >= 11 is 0. The standard InChI is InChI=1S/C28H32N2O4.ClH/c1-33-26-13-9-24(10-14-26)30-17-15-29(16-18-30)20-25(31)21-34-27-11-7-23(8-12-27)28(32)19-22-5-3-2-4-6-22;/h2-14,25,31H,15-21H2,1H3;1H. The molecule has 4 rings (SSSR count). The first-order valence-electron chi connectivity index (χ1n) is 11.7. The van der Waals surface area contributed by atoms with E-state index in [1.807, 2.05) is 42.5 Å². The Kier molecular flexibility index (Phi) is 9.97. The number of nitrogens with zero attached hydrogens (tertiary/aromatic N) is 2. The number of benzene rings is 3. The van der Waals surface area contributed by atoms with Crippen molar-refractivity contribution in [3.8, 4) is 11.5 Å². The number of halogens is 1. The van der Waals surface area contributed by atoms with Crippen molar-refractivity contribution in [1.82, 2.24) is 4.90 Å². The Morgan fingerprint density at radius 1 is 0.886 bits per heavy atom. The second-order valence-electron chi connectivity index (χ2n) is 8.56. The SMILES string of the molecule is COc1ccc(N2CCN(CC(O)COc3ccc(C(=O)Cc4ccccc4)cc3)CC2)cc1.Cl. The van der Waals surface area contributed by atoms with Crippen LogP contribution in [0.4, 0.5) is 5.69 Å². The van der Waals surface area contributed by atoms with Crippen LogP contribution < -0.4 is 14.4 Å². The van der Waals surface area contributed by atoms with Crippen LogP contribution in [0.5, 0.6) is 11.5 Å². The van der Waals surface area contributed by atoms with E-state index in [0.29, 0.717) is 24.3 Å². The van der Waals surface area contributed by atoms with E-state index in [9.17, 15) is 9.90 Å². The lowest BCUT2D eigenvalue weighted by atomic mass is 10.0. The first-order valence-corrected chi connectivity index (χ1v) is 11.7. The molecule has 35 heavy (non-hydrogen) atoms. The first-order chi connectivity index (χ1) is 16.6. The smallest absolute Gasteiger partial charge is 0.167 e. The van der Waals surface area contributed by atoms with Crippen molar-refractivity contribution >= 4 is 23.9 Å². The summed E-state index contributed by atoms with van der Waals surface area (Å²) in [7, 11) is 1.67. The van der Waals surface area contributed by atoms with Gasteiger partial charge in [0, 0.05) is 50.4 Å². The van der Waals surface area contributed by atoms with Gasteiger partial charge in [0.25, 0.3) is 0 Å². The molecule has 1 atom stereocenters. The molecule has 186 valence electrons. The van der Waals surface area contributed by atoms with Crippen LogP contribution in [0.15, 0.2) is 78.9 Å². The third kappa shape index (κ3) is 7.72. The lowest BCUT2D eigenvalue weighted by Crippen LogP contribution is -2.49. The number of ether oxygens (including phenoxy) is 2. The molecule has 1 fully saturated rings. The van der Waals surface area contributed by atoms with Gasteiger partial charge in [-0.05, 0) is 54.1 Å². The molecule has 1 aliphatic heterocycles. The lowest BCUT2D eigenvalue weighted by molar-refractivity contribution is 0.0663. The highest BCUT2D eigenvalue weighted by atomic mass is 35.5. The Bertz CT molecular complexity index is 1040. The quantitative estimate of drug-likeness (QED) is 0.426. The zero-order valence-corrected chi connectivity index (χ0v) is 20.8. The molecule has 0 amide bonds. The number of Topliss-reactive ketones (excluding diaryl/α,β-unsaturated/α-hetero) is 1. The van der Waals surface area contributed by atoms with Crippen LogP contribution in [-0.4, -0.2) is 68.3 Å². The van der Waals surface area contributed by atoms with E-state index >= 15 is 0 Å². The second-order valence-corrected chi connectivity index (χ2v) is 8.56. The van der Waals surface area contributed by atoms with Crippen molar-refractivity contribution in [2.75, 3.05) is 51.3 Å². The van der Waals surface area contributed by atoms with Crippen molar-refractivity contribution in [2.24, 2.45) is 0 Å². The number of hydrogen-bond donors (Lipinski definition) is 1. The molecule has 3 aromatic rings. The number of aliphatic hydroxyl groups excluding tert-OH is 1. The van der Waals surface area contributed by atoms with Crippen molar-refractivity contribution < 1.29 is 19.4 Å². The average Bonchev–Trinajstić information content (AvgIpc) is 2.89. The average molecular weight is 497 g/mol. The molecule has 1 heterocycles. The third-order valence-electron chi connectivity index (χ3n) is 6.10. The van der Waals surface area contributed by atoms with Crippen LogP contribution in [0, 0.1) is 0 Å². The first kappa shape index (κ1) is 26.5. The van der Waals surface area contributed by atoms with Gasteiger partial charge in [-0.15, -0.1) is 12.4 Å². The zero-order valence-electron chi connectivity index (χ0n) is 20.0. The number of ketones is 1. The molecule has 0 aromatic heterocycles. The fourth-order valence-corrected chi connectivity index (χ4v) is 4.15. The molecule has 0 radical (unpaired) electrons. The minimum Gasteiger partial charge on any atom is -0.497 e. The summed E-state index contributed by atoms with van der Waals surface area (Å²) in [5.41, 5.74) is 2.85. The van der Waals surface area contributed by atoms with Gasteiger partial charge < -0.3 is 19.5 Å². The minimum absolute atomic E-state index is 0. The van der Waals surface area contributed by atoms with E-state index in [0.717, 1.165) is 37.5 Å². The predicted octanol–water partition coefficient (Wildman–Crippen LogP) is 4.10. The molecule has 6 nitrogen and oxygen atoms in total. The molecule has 0 spiro atoms. The summed E-state index contributed by atoms with van der Waals surface area (Å²) < 4.78 is 11.0. The second kappa shape index (κ2) is 13.1. The molecule has 1 saturated heterocycles. The number of rotatable bonds is 10. The van der Waals surface area contributed by atoms with Crippen LogP contribution in [0.2, 0.25) is 0 Å². The van der Waals surface area contributed by atoms with Crippen molar-refractivity contribution in [3.05, 3.63) is 90.0 Å². The highest BCUT2D eigenvalue weighted by molar-refractivity contribution is 5.97. The van der Waals surface area contributed by atoms with Gasteiger partial charge in [-0.3, -0.25) is 9.69 Å². The molecular formula is C28H33ClN2O4. The molecule has 0 aliphatic carbocycles. The summed E-state index contributed by atoms with van der Waals surface area (Å²) in [6.45, 7) is 4.40. The number of methoxy groups -OCH3 is 1. The van der Waals surface area contributed by atoms with E-state index < -0.39 is 6.10 Å². The van der Waals surface area contributed by atoms with Crippen molar-refractivity contribution in [2.45, 2.75) is 12.5 Å². The van der Waals surface area contributed by atoms with Gasteiger partial charge in [0.2, 0.25) is 0 Å². The summed E-state index contributed by atoms with van der Waals surface area (Å²) in [6.07, 6.45) is -0.196. The number of carbonyl (C=O) groups excluding carboxylic acids is 1. The van der Waals surface area contributed by atoms with Crippen molar-refractivity contribution in [1.29, 1.82) is 0 Å². The molecule has 7 heteroatoms. The van der Waals surface area contributed by atoms with Gasteiger partial charge in [-0.1, -0.05) is 30.3 Å². The fraction of sp³-hybridized carbons (Fsp3) is 0.321. The highest BCUT2D eigenvalue weighted by Gasteiger charge is 2.20. The van der Waals surface area contributed by atoms with Gasteiger partial charge >= 0.3 is 0 Å². The van der Waals surface area contributed by atoms with Crippen LogP contribution in [0.1, 0.15) is 15.9 Å². The highest BCUT2D eigenvalue weighted by Crippen LogP contribution is 2.21. The molecule has 1 unspecified atom stereocenters. The van der Waals surface area contributed by atoms with Crippen LogP contribution >= 0.6 is 12.4 Å². The third-order valence-corrected chi connectivity index (χ3v) is 6.10. The van der Waals surface area contributed by atoms with Gasteiger partial charge in [0.05, 0.1) is 7.11 Å². The Morgan fingerprint density at radius 2 is 1.51 bits per heavy atom. The zero-order chi connectivity index (χ0) is 23.8. The predicted molar refractivity (Wildman–Crippen MR) is 141 cm³/mol. The number of aliphatic hydroxyl groups is 1. The van der Waals surface area contributed by atoms with Crippen molar-refractivity contribution in [3.63, 3.8) is 0 Å². The maximum absolute atomic E-state index is 12.5. The number of anilines is 1. The molecule has 0 bridgehead atoms. The van der Waals surface area contributed by atoms with Gasteiger partial charge in [-0.2, -0.15) is 0 Å². The summed E-state index contributed by atoms with van der Waals surface area (Å²) in [4.78, 5) is 17.1. The largest absolute Gasteiger partial charge is 0.497 e. The Balaban J connectivity index is 0.00000342. The van der Waals surface area contributed by atoms with E-state index in [2.05, 4.69) is 21.9 Å². The topological polar surface area (TPSA) is 62.2 Å². The van der Waals surface area contributed by atoms with E-state index in [1.165, 1.54) is 5.69 Å². The fourth-order valence-electron chi connectivity index (χ4n) is 4.15. The monoisotopic (exact) mass is 496 g/mol. The molecular weight excluding hydrogens is 464 g/mol. The normalized spacial score (nSPS) is 14.6. The molecule has 0 saturated carbocycles. The summed E-state index contributed by atoms with van der Waals surface area (Å²) in [6, 6.07) is 25.0. The van der Waals surface area contributed by atoms with E-state index in [4.69, 9.17) is 9.47 Å². The Morgan fingerprint density at radius 3 is 2.14 bits per heavy atom. The molecule has 1 aliphatic rings. The number of piperazine rings is 1. The van der Waals surface area contributed by atoms with Gasteiger partial charge in [-0.25, -0.2) is 0 Å². The maximum atomic E-state index is 12.5. The minimum atomic E-state index is -0.577. The lowest BCUT2D eigenvalue weighted by Gasteiger charge is -2.36. The van der Waals surface area contributed by atoms with Crippen LogP contribution in [0.25, 0.3) is 0 Å². The van der Waals surface area contributed by atoms with E-state index in [-0.39, 0.29) is 24.8 Å². The number of β-amino-alcohol motifs (C(OH)–C–C–N with tert-alkyl or cyclic N) is 1. The van der Waals surface area contributed by atoms with Crippen LogP contribution in [-0.2, 0) is 6.42 Å². The summed E-state index contributed by atoms with van der Waals surface area (Å²) in [5.74, 6) is 1.59. The van der Waals surface area contributed by atoms with Gasteiger partial charge in [0.15, 0.2) is 5.78 Å². The van der Waals surface area contributed by atoms with Gasteiger partial charge in [0.1, 0.15) is 24.2 Å². The summed E-state index contributed by atoms with van der Waals surface area (Å²) in [5, 5.41) is 10.5. The Hall–Kier alpha value is -3.06. The Labute approximate surface area is 213 Å².